The van der Waals surface area contributed by atoms with Crippen LogP contribution in [0.4, 0.5) is 35.1 Å². The summed E-state index contributed by atoms with van der Waals surface area (Å²) in [5.41, 5.74) is -1.48. The number of halogens is 8. The molecule has 3 aromatic carbocycles. The third-order valence-electron chi connectivity index (χ3n) is 8.63. The maximum absolute atomic E-state index is 15.1. The smallest absolute Gasteiger partial charge is 0.346 e. The van der Waals surface area contributed by atoms with Crippen LogP contribution in [0, 0.1) is 40.8 Å². The molecule has 0 atom stereocenters. The molecule has 0 unspecified atom stereocenters. The van der Waals surface area contributed by atoms with Gasteiger partial charge in [0.1, 0.15) is 29.1 Å². The number of benzene rings is 3. The molecule has 0 aromatic heterocycles. The summed E-state index contributed by atoms with van der Waals surface area (Å²) in [4.78, 5) is 0. The van der Waals surface area contributed by atoms with Crippen molar-refractivity contribution in [3.8, 4) is 11.1 Å². The van der Waals surface area contributed by atoms with Crippen molar-refractivity contribution in [1.82, 2.24) is 0 Å². The van der Waals surface area contributed by atoms with E-state index in [0.29, 0.717) is 23.6 Å². The number of rotatable bonds is 10. The van der Waals surface area contributed by atoms with Gasteiger partial charge in [0.15, 0.2) is 23.7 Å². The molecule has 1 saturated heterocycles. The molecule has 45 heavy (non-hydrogen) atoms. The summed E-state index contributed by atoms with van der Waals surface area (Å²) in [5.74, 6) is -7.90. The molecule has 1 aliphatic carbocycles. The van der Waals surface area contributed by atoms with Crippen molar-refractivity contribution in [2.24, 2.45) is 5.92 Å². The Morgan fingerprint density at radius 1 is 0.733 bits per heavy atom. The highest BCUT2D eigenvalue weighted by molar-refractivity contribution is 5.64. The summed E-state index contributed by atoms with van der Waals surface area (Å²) >= 11 is 0. The Balaban J connectivity index is 1.18. The summed E-state index contributed by atoms with van der Waals surface area (Å²) in [5, 5.41) is 0. The third-order valence-corrected chi connectivity index (χ3v) is 8.63. The molecule has 1 aliphatic heterocycles. The fraction of sp³-hybridized carbons (Fsp3) is 0.471. The first-order valence-corrected chi connectivity index (χ1v) is 15.2. The Kier molecular flexibility index (Phi) is 10.5. The molecule has 0 amide bonds. The average Bonchev–Trinajstić information content (AvgIpc) is 2.99. The fourth-order valence-corrected chi connectivity index (χ4v) is 6.21. The van der Waals surface area contributed by atoms with E-state index in [2.05, 4.69) is 6.92 Å². The van der Waals surface area contributed by atoms with Gasteiger partial charge in [-0.05, 0) is 79.0 Å². The standard InChI is InChI=1S/C34H34F8O3/c1-2-3-4-5-19-6-8-20(9-7-19)22-13-27(36)31(28(37)14-22)34(41,42)45-24-17-43-33(44-18-24)21-10-11-25(26(35)12-21)23-15-29(38)32(40)30(39)16-23/h10-16,19-20,24,33H,2-9,17-18H2,1H3. The van der Waals surface area contributed by atoms with Crippen LogP contribution in [0.25, 0.3) is 11.1 Å². The molecule has 0 spiro atoms. The van der Waals surface area contributed by atoms with Crippen LogP contribution in [0.3, 0.4) is 0 Å². The second-order valence-electron chi connectivity index (χ2n) is 11.8. The van der Waals surface area contributed by atoms with Crippen molar-refractivity contribution in [3.63, 3.8) is 0 Å². The Labute approximate surface area is 256 Å². The van der Waals surface area contributed by atoms with Crippen LogP contribution in [0.5, 0.6) is 0 Å². The number of hydrogen-bond acceptors (Lipinski definition) is 3. The molecule has 244 valence electrons. The molecule has 5 rings (SSSR count). The number of alkyl halides is 2. The molecule has 0 bridgehead atoms. The van der Waals surface area contributed by atoms with Crippen molar-refractivity contribution >= 4 is 0 Å². The van der Waals surface area contributed by atoms with Crippen LogP contribution in [-0.4, -0.2) is 19.3 Å². The molecular formula is C34H34F8O3. The van der Waals surface area contributed by atoms with Crippen LogP contribution < -0.4 is 0 Å². The van der Waals surface area contributed by atoms with Crippen molar-refractivity contribution < 1.29 is 49.3 Å². The molecule has 2 aliphatic rings. The SMILES string of the molecule is CCCCCC1CCC(c2cc(F)c(C(F)(F)OC3COC(c4ccc(-c5cc(F)c(F)c(F)c5)c(F)c4)OC3)c(F)c2)CC1. The van der Waals surface area contributed by atoms with Gasteiger partial charge >= 0.3 is 6.11 Å². The van der Waals surface area contributed by atoms with E-state index in [4.69, 9.17) is 14.2 Å². The lowest BCUT2D eigenvalue weighted by atomic mass is 9.77. The average molecular weight is 643 g/mol. The van der Waals surface area contributed by atoms with Gasteiger partial charge in [0, 0.05) is 11.1 Å². The van der Waals surface area contributed by atoms with Gasteiger partial charge < -0.3 is 14.2 Å². The van der Waals surface area contributed by atoms with Crippen molar-refractivity contribution in [2.75, 3.05) is 13.2 Å². The number of ether oxygens (including phenoxy) is 3. The van der Waals surface area contributed by atoms with Crippen LogP contribution in [0.2, 0.25) is 0 Å². The molecule has 1 saturated carbocycles. The minimum atomic E-state index is -4.33. The lowest BCUT2D eigenvalue weighted by Crippen LogP contribution is -2.38. The summed E-state index contributed by atoms with van der Waals surface area (Å²) < 4.78 is 131. The number of hydrogen-bond donors (Lipinski definition) is 0. The maximum atomic E-state index is 15.1. The predicted octanol–water partition coefficient (Wildman–Crippen LogP) is 10.2. The first-order valence-electron chi connectivity index (χ1n) is 15.2. The molecule has 2 fully saturated rings. The minimum Gasteiger partial charge on any atom is -0.346 e. The monoisotopic (exact) mass is 642 g/mol. The van der Waals surface area contributed by atoms with Crippen LogP contribution >= 0.6 is 0 Å². The third kappa shape index (κ3) is 7.69. The molecule has 1 heterocycles. The van der Waals surface area contributed by atoms with E-state index in [1.165, 1.54) is 18.6 Å². The van der Waals surface area contributed by atoms with Gasteiger partial charge in [-0.2, -0.15) is 8.78 Å². The summed E-state index contributed by atoms with van der Waals surface area (Å²) in [6.45, 7) is 1.20. The summed E-state index contributed by atoms with van der Waals surface area (Å²) in [7, 11) is 0. The molecule has 0 radical (unpaired) electrons. The second kappa shape index (κ2) is 14.2. The zero-order chi connectivity index (χ0) is 32.3. The van der Waals surface area contributed by atoms with Gasteiger partial charge in [-0.1, -0.05) is 44.7 Å². The highest BCUT2D eigenvalue weighted by Crippen LogP contribution is 2.42. The Morgan fingerprint density at radius 3 is 1.91 bits per heavy atom. The zero-order valence-electron chi connectivity index (χ0n) is 24.7. The Hall–Kier alpha value is -3.02. The number of unbranched alkanes of at least 4 members (excludes halogenated alkanes) is 2. The molecule has 3 nitrogen and oxygen atoms in total. The van der Waals surface area contributed by atoms with E-state index in [-0.39, 0.29) is 22.6 Å². The predicted molar refractivity (Wildman–Crippen MR) is 150 cm³/mol. The largest absolute Gasteiger partial charge is 0.389 e. The molecule has 0 N–H and O–H groups in total. The molecule has 11 heteroatoms. The highest BCUT2D eigenvalue weighted by atomic mass is 19.3. The molecular weight excluding hydrogens is 608 g/mol. The quantitative estimate of drug-likeness (QED) is 0.125. The van der Waals surface area contributed by atoms with Gasteiger partial charge in [-0.25, -0.2) is 26.3 Å². The van der Waals surface area contributed by atoms with Crippen molar-refractivity contribution in [1.29, 1.82) is 0 Å². The van der Waals surface area contributed by atoms with E-state index in [1.807, 2.05) is 0 Å². The first-order chi connectivity index (χ1) is 21.5. The maximum Gasteiger partial charge on any atom is 0.389 e. The van der Waals surface area contributed by atoms with E-state index in [0.717, 1.165) is 63.1 Å². The lowest BCUT2D eigenvalue weighted by molar-refractivity contribution is -0.322. The minimum absolute atomic E-state index is 0.103. The summed E-state index contributed by atoms with van der Waals surface area (Å²) in [6, 6.07) is 6.68. The van der Waals surface area contributed by atoms with E-state index >= 15 is 8.78 Å². The van der Waals surface area contributed by atoms with Gasteiger partial charge in [0.2, 0.25) is 0 Å². The van der Waals surface area contributed by atoms with Gasteiger partial charge in [0.25, 0.3) is 0 Å². The van der Waals surface area contributed by atoms with E-state index < -0.39 is 72.2 Å². The molecule has 3 aromatic rings. The Bertz CT molecular complexity index is 1430. The second-order valence-corrected chi connectivity index (χ2v) is 11.8. The first kappa shape index (κ1) is 33.3. The highest BCUT2D eigenvalue weighted by Gasteiger charge is 2.43. The normalized spacial score (nSPS) is 22.5. The topological polar surface area (TPSA) is 27.7 Å². The van der Waals surface area contributed by atoms with Crippen LogP contribution in [-0.2, 0) is 20.3 Å². The van der Waals surface area contributed by atoms with Crippen molar-refractivity contribution in [3.05, 3.63) is 94.1 Å². The van der Waals surface area contributed by atoms with Gasteiger partial charge in [-0.15, -0.1) is 0 Å². The lowest BCUT2D eigenvalue weighted by Gasteiger charge is -2.32. The fourth-order valence-electron chi connectivity index (χ4n) is 6.21. The van der Waals surface area contributed by atoms with Gasteiger partial charge in [-0.3, -0.25) is 0 Å². The van der Waals surface area contributed by atoms with Gasteiger partial charge in [0.05, 0.1) is 13.2 Å². The van der Waals surface area contributed by atoms with E-state index in [1.54, 1.807) is 0 Å². The van der Waals surface area contributed by atoms with Crippen LogP contribution in [0.15, 0.2) is 42.5 Å². The van der Waals surface area contributed by atoms with Crippen molar-refractivity contribution in [2.45, 2.75) is 82.7 Å². The zero-order valence-corrected chi connectivity index (χ0v) is 24.7. The van der Waals surface area contributed by atoms with E-state index in [9.17, 15) is 26.3 Å². The summed E-state index contributed by atoms with van der Waals surface area (Å²) in [6.07, 6.45) is 1.02. The van der Waals surface area contributed by atoms with Crippen LogP contribution in [0.1, 0.15) is 87.2 Å². The Morgan fingerprint density at radius 2 is 1.33 bits per heavy atom.